The first-order chi connectivity index (χ1) is 10.3. The van der Waals surface area contributed by atoms with Crippen LogP contribution in [-0.2, 0) is 14.8 Å². The van der Waals surface area contributed by atoms with Crippen LogP contribution in [0.4, 0.5) is 5.69 Å². The zero-order valence-corrected chi connectivity index (χ0v) is 14.8. The third kappa shape index (κ3) is 5.43. The van der Waals surface area contributed by atoms with E-state index in [-0.39, 0.29) is 35.8 Å². The molecule has 1 aliphatic heterocycles. The molecule has 1 saturated heterocycles. The summed E-state index contributed by atoms with van der Waals surface area (Å²) in [6.07, 6.45) is 0. The van der Waals surface area contributed by atoms with Gasteiger partial charge < -0.3 is 10.6 Å². The maximum atomic E-state index is 12.2. The molecule has 0 radical (unpaired) electrons. The molecule has 1 heterocycles. The second-order valence-electron chi connectivity index (χ2n) is 5.59. The zero-order chi connectivity index (χ0) is 16.3. The van der Waals surface area contributed by atoms with Crippen LogP contribution >= 0.6 is 12.4 Å². The van der Waals surface area contributed by atoms with E-state index in [4.69, 9.17) is 5.14 Å². The number of primary sulfonamides is 1. The first kappa shape index (κ1) is 19.9. The van der Waals surface area contributed by atoms with E-state index in [0.717, 1.165) is 25.2 Å². The number of sulfonamides is 1. The molecule has 0 aliphatic carbocycles. The lowest BCUT2D eigenvalue weighted by Gasteiger charge is -2.33. The Balaban J connectivity index is 0.00000264. The number of amides is 1. The van der Waals surface area contributed by atoms with Crippen molar-refractivity contribution in [2.24, 2.45) is 5.14 Å². The third-order valence-corrected chi connectivity index (χ3v) is 4.71. The summed E-state index contributed by atoms with van der Waals surface area (Å²) in [5, 5.41) is 11.2. The summed E-state index contributed by atoms with van der Waals surface area (Å²) in [5.41, 5.74) is 1.26. The van der Waals surface area contributed by atoms with Crippen molar-refractivity contribution in [3.05, 3.63) is 23.8 Å². The minimum atomic E-state index is -3.78. The number of rotatable bonds is 4. The highest BCUT2D eigenvalue weighted by Crippen LogP contribution is 2.19. The van der Waals surface area contributed by atoms with Crippen molar-refractivity contribution < 1.29 is 13.2 Å². The number of halogens is 1. The SMILES string of the molecule is Cc1ccc(S(N)(=O)=O)cc1NC(=O)CN1CCNC[C@H]1C.Cl. The van der Waals surface area contributed by atoms with E-state index in [1.54, 1.807) is 13.0 Å². The van der Waals surface area contributed by atoms with Crippen molar-refractivity contribution >= 4 is 34.0 Å². The number of anilines is 1. The number of nitrogens with one attached hydrogen (secondary N) is 2. The largest absolute Gasteiger partial charge is 0.325 e. The molecule has 7 nitrogen and oxygen atoms in total. The van der Waals surface area contributed by atoms with Gasteiger partial charge in [0, 0.05) is 31.4 Å². The van der Waals surface area contributed by atoms with E-state index in [0.29, 0.717) is 5.69 Å². The molecule has 0 saturated carbocycles. The van der Waals surface area contributed by atoms with Crippen molar-refractivity contribution in [1.82, 2.24) is 10.2 Å². The number of nitrogens with zero attached hydrogens (tertiary/aromatic N) is 1. The Hall–Kier alpha value is -1.19. The Morgan fingerprint density at radius 1 is 1.48 bits per heavy atom. The molecule has 23 heavy (non-hydrogen) atoms. The molecule has 0 unspecified atom stereocenters. The Kier molecular flexibility index (Phi) is 6.97. The maximum absolute atomic E-state index is 12.2. The Morgan fingerprint density at radius 3 is 2.78 bits per heavy atom. The minimum absolute atomic E-state index is 0. The lowest BCUT2D eigenvalue weighted by Crippen LogP contribution is -2.52. The number of nitrogens with two attached hydrogens (primary N) is 1. The fraction of sp³-hybridized carbons (Fsp3) is 0.500. The molecule has 1 amide bonds. The lowest BCUT2D eigenvalue weighted by atomic mass is 10.2. The maximum Gasteiger partial charge on any atom is 0.238 e. The first-order valence-corrected chi connectivity index (χ1v) is 8.70. The summed E-state index contributed by atoms with van der Waals surface area (Å²) in [7, 11) is -3.78. The van der Waals surface area contributed by atoms with E-state index >= 15 is 0 Å². The van der Waals surface area contributed by atoms with E-state index in [1.807, 2.05) is 0 Å². The average molecular weight is 363 g/mol. The number of aryl methyl sites for hydroxylation is 1. The number of hydrogen-bond donors (Lipinski definition) is 3. The molecule has 1 aromatic rings. The summed E-state index contributed by atoms with van der Waals surface area (Å²) < 4.78 is 22.8. The predicted octanol–water partition coefficient (Wildman–Crippen LogP) is 0.296. The molecule has 2 rings (SSSR count). The van der Waals surface area contributed by atoms with Gasteiger partial charge in [0.05, 0.1) is 11.4 Å². The molecule has 0 aromatic heterocycles. The van der Waals surface area contributed by atoms with Crippen LogP contribution in [0.2, 0.25) is 0 Å². The molecule has 0 spiro atoms. The van der Waals surface area contributed by atoms with Gasteiger partial charge in [-0.3, -0.25) is 9.69 Å². The second-order valence-corrected chi connectivity index (χ2v) is 7.15. The van der Waals surface area contributed by atoms with Gasteiger partial charge in [-0.2, -0.15) is 0 Å². The molecule has 130 valence electrons. The zero-order valence-electron chi connectivity index (χ0n) is 13.2. The van der Waals surface area contributed by atoms with Crippen LogP contribution in [0.25, 0.3) is 0 Å². The lowest BCUT2D eigenvalue weighted by molar-refractivity contribution is -0.118. The highest BCUT2D eigenvalue weighted by atomic mass is 35.5. The number of benzene rings is 1. The van der Waals surface area contributed by atoms with Gasteiger partial charge in [-0.25, -0.2) is 13.6 Å². The van der Waals surface area contributed by atoms with Crippen LogP contribution in [0.15, 0.2) is 23.1 Å². The monoisotopic (exact) mass is 362 g/mol. The topological polar surface area (TPSA) is 105 Å². The van der Waals surface area contributed by atoms with Gasteiger partial charge >= 0.3 is 0 Å². The number of hydrogen-bond acceptors (Lipinski definition) is 5. The summed E-state index contributed by atoms with van der Waals surface area (Å²) in [6, 6.07) is 4.74. The molecular formula is C14H23ClN4O3S. The van der Waals surface area contributed by atoms with Crippen LogP contribution in [0.5, 0.6) is 0 Å². The fourth-order valence-corrected chi connectivity index (χ4v) is 2.94. The van der Waals surface area contributed by atoms with Crippen LogP contribution in [0.3, 0.4) is 0 Å². The minimum Gasteiger partial charge on any atom is -0.325 e. The van der Waals surface area contributed by atoms with Gasteiger partial charge in [0.15, 0.2) is 0 Å². The van der Waals surface area contributed by atoms with Crippen molar-refractivity contribution in [2.75, 3.05) is 31.5 Å². The van der Waals surface area contributed by atoms with Crippen LogP contribution in [-0.4, -0.2) is 51.4 Å². The fourth-order valence-electron chi connectivity index (χ4n) is 2.40. The molecule has 9 heteroatoms. The van der Waals surface area contributed by atoms with Crippen molar-refractivity contribution in [3.8, 4) is 0 Å². The van der Waals surface area contributed by atoms with E-state index in [1.165, 1.54) is 12.1 Å². The van der Waals surface area contributed by atoms with E-state index in [2.05, 4.69) is 22.5 Å². The first-order valence-electron chi connectivity index (χ1n) is 7.15. The highest BCUT2D eigenvalue weighted by Gasteiger charge is 2.20. The molecular weight excluding hydrogens is 340 g/mol. The van der Waals surface area contributed by atoms with Crippen LogP contribution < -0.4 is 15.8 Å². The van der Waals surface area contributed by atoms with Crippen LogP contribution in [0, 0.1) is 6.92 Å². The Bertz CT molecular complexity index is 666. The predicted molar refractivity (Wildman–Crippen MR) is 92.3 cm³/mol. The summed E-state index contributed by atoms with van der Waals surface area (Å²) in [5.74, 6) is -0.164. The molecule has 1 aromatic carbocycles. The quantitative estimate of drug-likeness (QED) is 0.714. The summed E-state index contributed by atoms with van der Waals surface area (Å²) >= 11 is 0. The third-order valence-electron chi connectivity index (χ3n) is 3.80. The van der Waals surface area contributed by atoms with Crippen molar-refractivity contribution in [2.45, 2.75) is 24.8 Å². The number of carbonyl (C=O) groups is 1. The molecule has 4 N–H and O–H groups in total. The smallest absolute Gasteiger partial charge is 0.238 e. The van der Waals surface area contributed by atoms with E-state index < -0.39 is 10.0 Å². The molecule has 0 bridgehead atoms. The summed E-state index contributed by atoms with van der Waals surface area (Å²) in [6.45, 7) is 6.67. The molecule has 1 aliphatic rings. The van der Waals surface area contributed by atoms with Gasteiger partial charge in [-0.05, 0) is 31.5 Å². The second kappa shape index (κ2) is 8.07. The van der Waals surface area contributed by atoms with Crippen LogP contribution in [0.1, 0.15) is 12.5 Å². The normalized spacial score (nSPS) is 19.0. The Morgan fingerprint density at radius 2 is 2.17 bits per heavy atom. The van der Waals surface area contributed by atoms with Gasteiger partial charge in [0.1, 0.15) is 0 Å². The molecule has 1 atom stereocenters. The van der Waals surface area contributed by atoms with Gasteiger partial charge in [0.2, 0.25) is 15.9 Å². The molecule has 1 fully saturated rings. The number of piperazine rings is 1. The average Bonchev–Trinajstić information content (AvgIpc) is 2.42. The van der Waals surface area contributed by atoms with Gasteiger partial charge in [-0.15, -0.1) is 12.4 Å². The van der Waals surface area contributed by atoms with Crippen molar-refractivity contribution in [3.63, 3.8) is 0 Å². The van der Waals surface area contributed by atoms with E-state index in [9.17, 15) is 13.2 Å². The van der Waals surface area contributed by atoms with Crippen molar-refractivity contribution in [1.29, 1.82) is 0 Å². The Labute approximate surface area is 143 Å². The van der Waals surface area contributed by atoms with Gasteiger partial charge in [0.25, 0.3) is 0 Å². The highest BCUT2D eigenvalue weighted by molar-refractivity contribution is 7.89. The standard InChI is InChI=1S/C14H22N4O3S.ClH/c1-10-3-4-12(22(15,20)21)7-13(10)17-14(19)9-18-6-5-16-8-11(18)2;/h3-4,7,11,16H,5-6,8-9H2,1-2H3,(H,17,19)(H2,15,20,21);1H/t11-;/m1./s1. The number of carbonyl (C=O) groups excluding carboxylic acids is 1. The van der Waals surface area contributed by atoms with Gasteiger partial charge in [-0.1, -0.05) is 6.07 Å². The summed E-state index contributed by atoms with van der Waals surface area (Å²) in [4.78, 5) is 14.3.